The van der Waals surface area contributed by atoms with Crippen molar-refractivity contribution in [1.29, 1.82) is 0 Å². The Morgan fingerprint density at radius 1 is 1.07 bits per heavy atom. The molecule has 0 saturated carbocycles. The van der Waals surface area contributed by atoms with Gasteiger partial charge in [-0.3, -0.25) is 9.69 Å². The van der Waals surface area contributed by atoms with E-state index in [1.54, 1.807) is 12.1 Å². The SMILES string of the molecule is CC(=O)NC(CCCN1CCN(c2ncc(F)cn2)CC1)c1ccc(F)cc1. The highest BCUT2D eigenvalue weighted by atomic mass is 19.1. The van der Waals surface area contributed by atoms with Crippen LogP contribution >= 0.6 is 0 Å². The number of carbonyl (C=O) groups excluding carboxylic acids is 1. The molecule has 6 nitrogen and oxygen atoms in total. The van der Waals surface area contributed by atoms with Gasteiger partial charge in [-0.25, -0.2) is 18.7 Å². The Morgan fingerprint density at radius 2 is 1.71 bits per heavy atom. The first-order valence-electron chi connectivity index (χ1n) is 9.48. The van der Waals surface area contributed by atoms with E-state index in [1.807, 2.05) is 0 Å². The number of nitrogens with one attached hydrogen (secondary N) is 1. The maximum atomic E-state index is 13.2. The van der Waals surface area contributed by atoms with Gasteiger partial charge in [0.05, 0.1) is 18.4 Å². The molecular weight excluding hydrogens is 364 g/mol. The van der Waals surface area contributed by atoms with Gasteiger partial charge in [0, 0.05) is 33.1 Å². The second-order valence-corrected chi connectivity index (χ2v) is 6.98. The van der Waals surface area contributed by atoms with Crippen LogP contribution in [0.2, 0.25) is 0 Å². The van der Waals surface area contributed by atoms with Crippen molar-refractivity contribution >= 4 is 11.9 Å². The lowest BCUT2D eigenvalue weighted by molar-refractivity contribution is -0.119. The molecule has 1 amide bonds. The summed E-state index contributed by atoms with van der Waals surface area (Å²) in [6.07, 6.45) is 4.07. The van der Waals surface area contributed by atoms with Crippen LogP contribution in [0.3, 0.4) is 0 Å². The van der Waals surface area contributed by atoms with E-state index in [4.69, 9.17) is 0 Å². The van der Waals surface area contributed by atoms with Crippen molar-refractivity contribution in [2.24, 2.45) is 0 Å². The summed E-state index contributed by atoms with van der Waals surface area (Å²) < 4.78 is 26.1. The number of aromatic nitrogens is 2. The van der Waals surface area contributed by atoms with E-state index in [9.17, 15) is 13.6 Å². The fraction of sp³-hybridized carbons (Fsp3) is 0.450. The van der Waals surface area contributed by atoms with Crippen molar-refractivity contribution in [2.75, 3.05) is 37.6 Å². The summed E-state index contributed by atoms with van der Waals surface area (Å²) in [5.74, 6) is -0.254. The van der Waals surface area contributed by atoms with Crippen LogP contribution in [-0.2, 0) is 4.79 Å². The third-order valence-corrected chi connectivity index (χ3v) is 4.88. The van der Waals surface area contributed by atoms with Crippen molar-refractivity contribution in [1.82, 2.24) is 20.2 Å². The second kappa shape index (κ2) is 9.54. The number of halogens is 2. The average Bonchev–Trinajstić information content (AvgIpc) is 2.69. The zero-order valence-corrected chi connectivity index (χ0v) is 15.9. The summed E-state index contributed by atoms with van der Waals surface area (Å²) in [7, 11) is 0. The lowest BCUT2D eigenvalue weighted by Crippen LogP contribution is -2.47. The highest BCUT2D eigenvalue weighted by molar-refractivity contribution is 5.73. The zero-order valence-electron chi connectivity index (χ0n) is 15.9. The van der Waals surface area contributed by atoms with E-state index in [1.165, 1.54) is 31.5 Å². The monoisotopic (exact) mass is 389 g/mol. The smallest absolute Gasteiger partial charge is 0.225 e. The van der Waals surface area contributed by atoms with E-state index in [0.29, 0.717) is 5.95 Å². The standard InChI is InChI=1S/C20H25F2N5O/c1-15(28)25-19(16-4-6-17(21)7-5-16)3-2-8-26-9-11-27(12-10-26)20-23-13-18(22)14-24-20/h4-7,13-14,19H,2-3,8-12H2,1H3,(H,25,28). The Kier molecular flexibility index (Phi) is 6.86. The lowest BCUT2D eigenvalue weighted by Gasteiger charge is -2.34. The van der Waals surface area contributed by atoms with Gasteiger partial charge in [-0.1, -0.05) is 12.1 Å². The minimum Gasteiger partial charge on any atom is -0.350 e. The quantitative estimate of drug-likeness (QED) is 0.789. The van der Waals surface area contributed by atoms with Gasteiger partial charge in [-0.15, -0.1) is 0 Å². The molecular formula is C20H25F2N5O. The molecule has 0 bridgehead atoms. The van der Waals surface area contributed by atoms with E-state index in [0.717, 1.165) is 51.1 Å². The van der Waals surface area contributed by atoms with Gasteiger partial charge in [-0.2, -0.15) is 0 Å². The predicted octanol–water partition coefficient (Wildman–Crippen LogP) is 2.53. The van der Waals surface area contributed by atoms with Crippen LogP contribution < -0.4 is 10.2 Å². The summed E-state index contributed by atoms with van der Waals surface area (Å²) in [4.78, 5) is 24.0. The fourth-order valence-electron chi connectivity index (χ4n) is 3.42. The van der Waals surface area contributed by atoms with Crippen LogP contribution in [0.25, 0.3) is 0 Å². The van der Waals surface area contributed by atoms with Crippen molar-refractivity contribution in [3.8, 4) is 0 Å². The first kappa shape index (κ1) is 20.1. The van der Waals surface area contributed by atoms with Gasteiger partial charge in [0.25, 0.3) is 0 Å². The number of piperazine rings is 1. The van der Waals surface area contributed by atoms with E-state index in [-0.39, 0.29) is 17.8 Å². The molecule has 1 saturated heterocycles. The number of nitrogens with zero attached hydrogens (tertiary/aromatic N) is 4. The molecule has 1 aromatic heterocycles. The highest BCUT2D eigenvalue weighted by Gasteiger charge is 2.19. The molecule has 1 aliphatic rings. The molecule has 0 radical (unpaired) electrons. The van der Waals surface area contributed by atoms with Crippen LogP contribution in [0.1, 0.15) is 31.4 Å². The number of carbonyl (C=O) groups is 1. The molecule has 8 heteroatoms. The van der Waals surface area contributed by atoms with Crippen LogP contribution in [0.5, 0.6) is 0 Å². The van der Waals surface area contributed by atoms with Crippen LogP contribution in [0.15, 0.2) is 36.7 Å². The third kappa shape index (κ3) is 5.69. The third-order valence-electron chi connectivity index (χ3n) is 4.88. The average molecular weight is 389 g/mol. The van der Waals surface area contributed by atoms with E-state index < -0.39 is 5.82 Å². The Labute approximate surface area is 163 Å². The van der Waals surface area contributed by atoms with Gasteiger partial charge in [-0.05, 0) is 37.1 Å². The molecule has 28 heavy (non-hydrogen) atoms. The molecule has 1 N–H and O–H groups in total. The van der Waals surface area contributed by atoms with Crippen LogP contribution in [-0.4, -0.2) is 53.5 Å². The number of hydrogen-bond acceptors (Lipinski definition) is 5. The minimum absolute atomic E-state index is 0.0952. The van der Waals surface area contributed by atoms with Gasteiger partial charge in [0.1, 0.15) is 5.82 Å². The highest BCUT2D eigenvalue weighted by Crippen LogP contribution is 2.20. The Balaban J connectivity index is 1.46. The number of rotatable bonds is 7. The summed E-state index contributed by atoms with van der Waals surface area (Å²) in [5.41, 5.74) is 0.912. The lowest BCUT2D eigenvalue weighted by atomic mass is 10.0. The number of amides is 1. The van der Waals surface area contributed by atoms with E-state index >= 15 is 0 Å². The maximum Gasteiger partial charge on any atom is 0.225 e. The molecule has 1 aliphatic heterocycles. The molecule has 0 aliphatic carbocycles. The van der Waals surface area contributed by atoms with Crippen molar-refractivity contribution < 1.29 is 13.6 Å². The predicted molar refractivity (Wildman–Crippen MR) is 103 cm³/mol. The Morgan fingerprint density at radius 3 is 2.32 bits per heavy atom. The number of benzene rings is 1. The summed E-state index contributed by atoms with van der Waals surface area (Å²) in [5, 5.41) is 2.95. The van der Waals surface area contributed by atoms with Crippen molar-refractivity contribution in [2.45, 2.75) is 25.8 Å². The van der Waals surface area contributed by atoms with Crippen LogP contribution in [0, 0.1) is 11.6 Å². The van der Waals surface area contributed by atoms with Gasteiger partial charge in [0.15, 0.2) is 5.82 Å². The minimum atomic E-state index is -0.433. The molecule has 2 aromatic rings. The fourth-order valence-corrected chi connectivity index (χ4v) is 3.42. The first-order valence-corrected chi connectivity index (χ1v) is 9.48. The van der Waals surface area contributed by atoms with Gasteiger partial charge < -0.3 is 10.2 Å². The number of hydrogen-bond donors (Lipinski definition) is 1. The molecule has 2 heterocycles. The molecule has 1 unspecified atom stereocenters. The largest absolute Gasteiger partial charge is 0.350 e. The van der Waals surface area contributed by atoms with E-state index in [2.05, 4.69) is 25.1 Å². The zero-order chi connectivity index (χ0) is 19.9. The van der Waals surface area contributed by atoms with Crippen LogP contribution in [0.4, 0.5) is 14.7 Å². The van der Waals surface area contributed by atoms with Gasteiger partial charge in [0.2, 0.25) is 11.9 Å². The molecule has 3 rings (SSSR count). The normalized spacial score (nSPS) is 16.0. The summed E-state index contributed by atoms with van der Waals surface area (Å²) in [6, 6.07) is 6.16. The van der Waals surface area contributed by atoms with Crippen molar-refractivity contribution in [3.05, 3.63) is 53.9 Å². The maximum absolute atomic E-state index is 13.2. The topological polar surface area (TPSA) is 61.4 Å². The molecule has 1 aromatic carbocycles. The molecule has 1 atom stereocenters. The second-order valence-electron chi connectivity index (χ2n) is 6.98. The first-order chi connectivity index (χ1) is 13.5. The molecule has 150 valence electrons. The summed E-state index contributed by atoms with van der Waals surface area (Å²) >= 11 is 0. The van der Waals surface area contributed by atoms with Gasteiger partial charge >= 0.3 is 0 Å². The number of anilines is 1. The summed E-state index contributed by atoms with van der Waals surface area (Å²) in [6.45, 7) is 5.74. The van der Waals surface area contributed by atoms with Crippen molar-refractivity contribution in [3.63, 3.8) is 0 Å². The molecule has 0 spiro atoms. The molecule has 1 fully saturated rings. The Hall–Kier alpha value is -2.61. The Bertz CT molecular complexity index is 761.